The molecule has 3 aromatic rings. The number of hydrogen-bond donors (Lipinski definition) is 1. The Labute approximate surface area is 189 Å². The first-order chi connectivity index (χ1) is 15.7. The molecular weight excluding hydrogens is 435 g/mol. The standard InChI is InChI=1S/C23H26F3N5O2/c1-15(2)13-30-14-17(3-4-22(30)32)31-8-5-20(29-31)18-12-27-21(11-19(18)23(24,25)26)28-16-6-9-33-10-7-16/h3-5,8,11-12,14-16H,6-7,9-10,13H2,1-2H3,(H,27,28). The Hall–Kier alpha value is -3.14. The van der Waals surface area contributed by atoms with Crippen LogP contribution in [0.2, 0.25) is 0 Å². The van der Waals surface area contributed by atoms with Crippen LogP contribution >= 0.6 is 0 Å². The number of nitrogens with one attached hydrogen (secondary N) is 1. The SMILES string of the molecule is CC(C)Cn1cc(-n2ccc(-c3cnc(NC4CCOCC4)cc3C(F)(F)F)n2)ccc1=O. The number of pyridine rings is 2. The quantitative estimate of drug-likeness (QED) is 0.591. The molecule has 0 unspecified atom stereocenters. The highest BCUT2D eigenvalue weighted by atomic mass is 19.4. The first-order valence-electron chi connectivity index (χ1n) is 10.9. The second-order valence-electron chi connectivity index (χ2n) is 8.56. The number of nitrogens with zero attached hydrogens (tertiary/aromatic N) is 4. The summed E-state index contributed by atoms with van der Waals surface area (Å²) in [7, 11) is 0. The summed E-state index contributed by atoms with van der Waals surface area (Å²) in [6.07, 6.45) is 1.30. The van der Waals surface area contributed by atoms with E-state index >= 15 is 0 Å². The number of anilines is 1. The van der Waals surface area contributed by atoms with Crippen LogP contribution in [0.1, 0.15) is 32.3 Å². The fourth-order valence-electron chi connectivity index (χ4n) is 3.83. The molecule has 1 aliphatic heterocycles. The average Bonchev–Trinajstić information content (AvgIpc) is 3.25. The average molecular weight is 461 g/mol. The van der Waals surface area contributed by atoms with Crippen molar-refractivity contribution in [1.29, 1.82) is 0 Å². The third-order valence-electron chi connectivity index (χ3n) is 5.44. The lowest BCUT2D eigenvalue weighted by atomic mass is 10.1. The molecular formula is C23H26F3N5O2. The van der Waals surface area contributed by atoms with E-state index < -0.39 is 11.7 Å². The lowest BCUT2D eigenvalue weighted by Crippen LogP contribution is -2.28. The van der Waals surface area contributed by atoms with Gasteiger partial charge in [0, 0.05) is 56.0 Å². The van der Waals surface area contributed by atoms with Crippen molar-refractivity contribution in [2.45, 2.75) is 45.5 Å². The predicted octanol–water partition coefficient (Wildman–Crippen LogP) is 4.36. The molecule has 4 heterocycles. The van der Waals surface area contributed by atoms with Crippen LogP contribution in [0.4, 0.5) is 19.0 Å². The van der Waals surface area contributed by atoms with Crippen LogP contribution < -0.4 is 10.9 Å². The molecule has 10 heteroatoms. The minimum atomic E-state index is -4.57. The fraction of sp³-hybridized carbons (Fsp3) is 0.435. The normalized spacial score (nSPS) is 15.2. The van der Waals surface area contributed by atoms with Gasteiger partial charge in [-0.1, -0.05) is 13.8 Å². The molecule has 33 heavy (non-hydrogen) atoms. The highest BCUT2D eigenvalue weighted by Gasteiger charge is 2.35. The molecule has 0 aliphatic carbocycles. The summed E-state index contributed by atoms with van der Waals surface area (Å²) in [5.74, 6) is 0.443. The van der Waals surface area contributed by atoms with Gasteiger partial charge in [0.25, 0.3) is 5.56 Å². The molecule has 1 fully saturated rings. The molecule has 1 saturated heterocycles. The van der Waals surface area contributed by atoms with Crippen molar-refractivity contribution in [2.24, 2.45) is 5.92 Å². The van der Waals surface area contributed by atoms with E-state index in [1.807, 2.05) is 13.8 Å². The number of alkyl halides is 3. The Bertz CT molecular complexity index is 1160. The predicted molar refractivity (Wildman–Crippen MR) is 118 cm³/mol. The summed E-state index contributed by atoms with van der Waals surface area (Å²) in [5.41, 5.74) is -0.317. The molecule has 0 amide bonds. The maximum absolute atomic E-state index is 13.9. The van der Waals surface area contributed by atoms with Crippen molar-refractivity contribution >= 4 is 5.82 Å². The molecule has 0 atom stereocenters. The maximum atomic E-state index is 13.9. The van der Waals surface area contributed by atoms with Crippen molar-refractivity contribution in [3.63, 3.8) is 0 Å². The third kappa shape index (κ3) is 5.44. The van der Waals surface area contributed by atoms with Gasteiger partial charge in [0.15, 0.2) is 0 Å². The second-order valence-corrected chi connectivity index (χ2v) is 8.56. The van der Waals surface area contributed by atoms with Crippen LogP contribution in [0.5, 0.6) is 0 Å². The molecule has 0 saturated carbocycles. The summed E-state index contributed by atoms with van der Waals surface area (Å²) < 4.78 is 50.0. The molecule has 3 aromatic heterocycles. The van der Waals surface area contributed by atoms with E-state index in [9.17, 15) is 18.0 Å². The Morgan fingerprint density at radius 2 is 1.97 bits per heavy atom. The van der Waals surface area contributed by atoms with Gasteiger partial charge in [0.1, 0.15) is 5.82 Å². The Kier molecular flexibility index (Phi) is 6.55. The largest absolute Gasteiger partial charge is 0.417 e. The highest BCUT2D eigenvalue weighted by molar-refractivity contribution is 5.65. The molecule has 7 nitrogen and oxygen atoms in total. The van der Waals surface area contributed by atoms with Gasteiger partial charge >= 0.3 is 6.18 Å². The maximum Gasteiger partial charge on any atom is 0.417 e. The van der Waals surface area contributed by atoms with Crippen LogP contribution in [-0.2, 0) is 17.5 Å². The van der Waals surface area contributed by atoms with Crippen molar-refractivity contribution in [3.8, 4) is 16.9 Å². The van der Waals surface area contributed by atoms with E-state index in [4.69, 9.17) is 4.74 Å². The molecule has 0 bridgehead atoms. The molecule has 176 valence electrons. The molecule has 0 spiro atoms. The van der Waals surface area contributed by atoms with Gasteiger partial charge in [-0.05, 0) is 37.0 Å². The second kappa shape index (κ2) is 9.38. The molecule has 4 rings (SSSR count). The minimum Gasteiger partial charge on any atom is -0.381 e. The van der Waals surface area contributed by atoms with Crippen molar-refractivity contribution in [2.75, 3.05) is 18.5 Å². The number of hydrogen-bond acceptors (Lipinski definition) is 5. The van der Waals surface area contributed by atoms with E-state index in [1.165, 1.54) is 23.0 Å². The van der Waals surface area contributed by atoms with Crippen LogP contribution in [0.15, 0.2) is 47.7 Å². The third-order valence-corrected chi connectivity index (χ3v) is 5.44. The van der Waals surface area contributed by atoms with Gasteiger partial charge in [-0.3, -0.25) is 4.79 Å². The Morgan fingerprint density at radius 3 is 2.67 bits per heavy atom. The summed E-state index contributed by atoms with van der Waals surface area (Å²) in [6, 6.07) is 5.60. The lowest BCUT2D eigenvalue weighted by Gasteiger charge is -2.24. The zero-order chi connectivity index (χ0) is 23.6. The van der Waals surface area contributed by atoms with Gasteiger partial charge in [0.05, 0.1) is 16.9 Å². The number of rotatable bonds is 6. The first kappa shape index (κ1) is 23.0. The highest BCUT2D eigenvalue weighted by Crippen LogP contribution is 2.37. The Balaban J connectivity index is 1.65. The zero-order valence-corrected chi connectivity index (χ0v) is 18.5. The lowest BCUT2D eigenvalue weighted by molar-refractivity contribution is -0.137. The summed E-state index contributed by atoms with van der Waals surface area (Å²) in [6.45, 7) is 5.67. The van der Waals surface area contributed by atoms with Crippen LogP contribution in [0.25, 0.3) is 16.9 Å². The van der Waals surface area contributed by atoms with Crippen molar-refractivity contribution < 1.29 is 17.9 Å². The first-order valence-corrected chi connectivity index (χ1v) is 10.9. The van der Waals surface area contributed by atoms with Crippen LogP contribution in [0.3, 0.4) is 0 Å². The molecule has 1 N–H and O–H groups in total. The van der Waals surface area contributed by atoms with E-state index in [1.54, 1.807) is 23.0 Å². The topological polar surface area (TPSA) is 74.0 Å². The van der Waals surface area contributed by atoms with E-state index in [0.717, 1.165) is 6.07 Å². The van der Waals surface area contributed by atoms with Gasteiger partial charge in [-0.2, -0.15) is 18.3 Å². The minimum absolute atomic E-state index is 0.0268. The summed E-state index contributed by atoms with van der Waals surface area (Å²) in [4.78, 5) is 16.3. The monoisotopic (exact) mass is 461 g/mol. The number of aromatic nitrogens is 4. The molecule has 0 radical (unpaired) electrons. The van der Waals surface area contributed by atoms with Crippen LogP contribution in [0, 0.1) is 5.92 Å². The number of ether oxygens (including phenoxy) is 1. The molecule has 1 aliphatic rings. The Morgan fingerprint density at radius 1 is 1.21 bits per heavy atom. The van der Waals surface area contributed by atoms with Gasteiger partial charge < -0.3 is 14.6 Å². The summed E-state index contributed by atoms with van der Waals surface area (Å²) in [5, 5.41) is 7.43. The van der Waals surface area contributed by atoms with Gasteiger partial charge in [0.2, 0.25) is 0 Å². The van der Waals surface area contributed by atoms with Gasteiger partial charge in [-0.15, -0.1) is 0 Å². The van der Waals surface area contributed by atoms with E-state index in [0.29, 0.717) is 38.3 Å². The van der Waals surface area contributed by atoms with Crippen molar-refractivity contribution in [1.82, 2.24) is 19.3 Å². The van der Waals surface area contributed by atoms with Crippen molar-refractivity contribution in [3.05, 3.63) is 58.8 Å². The fourth-order valence-corrected chi connectivity index (χ4v) is 3.83. The number of halogens is 3. The van der Waals surface area contributed by atoms with E-state index in [2.05, 4.69) is 15.4 Å². The smallest absolute Gasteiger partial charge is 0.381 e. The summed E-state index contributed by atoms with van der Waals surface area (Å²) >= 11 is 0. The van der Waals surface area contributed by atoms with Gasteiger partial charge in [-0.25, -0.2) is 9.67 Å². The zero-order valence-electron chi connectivity index (χ0n) is 18.5. The van der Waals surface area contributed by atoms with Crippen LogP contribution in [-0.4, -0.2) is 38.6 Å². The molecule has 0 aromatic carbocycles. The van der Waals surface area contributed by atoms with E-state index in [-0.39, 0.29) is 34.6 Å².